The SMILES string of the molecule is CCNC(=S)NCc1ccc(CN(C)C)cc1. The van der Waals surface area contributed by atoms with Gasteiger partial charge in [-0.2, -0.15) is 0 Å². The molecule has 1 aromatic rings. The lowest BCUT2D eigenvalue weighted by Gasteiger charge is -2.11. The second-order valence-electron chi connectivity index (χ2n) is 4.27. The minimum Gasteiger partial charge on any atom is -0.363 e. The van der Waals surface area contributed by atoms with Crippen LogP contribution in [-0.2, 0) is 13.1 Å². The van der Waals surface area contributed by atoms with Crippen molar-refractivity contribution in [1.29, 1.82) is 0 Å². The number of hydrogen-bond acceptors (Lipinski definition) is 2. The van der Waals surface area contributed by atoms with Gasteiger partial charge in [-0.3, -0.25) is 0 Å². The number of benzene rings is 1. The maximum Gasteiger partial charge on any atom is 0.166 e. The summed E-state index contributed by atoms with van der Waals surface area (Å²) in [6.07, 6.45) is 0. The van der Waals surface area contributed by atoms with E-state index in [1.165, 1.54) is 11.1 Å². The van der Waals surface area contributed by atoms with Gasteiger partial charge in [-0.25, -0.2) is 0 Å². The third-order valence-corrected chi connectivity index (χ3v) is 2.60. The van der Waals surface area contributed by atoms with Crippen molar-refractivity contribution in [3.63, 3.8) is 0 Å². The Labute approximate surface area is 109 Å². The molecule has 0 radical (unpaired) electrons. The highest BCUT2D eigenvalue weighted by Crippen LogP contribution is 2.05. The molecule has 0 heterocycles. The van der Waals surface area contributed by atoms with Crippen LogP contribution in [0.4, 0.5) is 0 Å². The topological polar surface area (TPSA) is 27.3 Å². The number of nitrogens with one attached hydrogen (secondary N) is 2. The van der Waals surface area contributed by atoms with Gasteiger partial charge in [-0.15, -0.1) is 0 Å². The summed E-state index contributed by atoms with van der Waals surface area (Å²) in [5.41, 5.74) is 2.57. The third-order valence-electron chi connectivity index (χ3n) is 2.31. The maximum absolute atomic E-state index is 5.11. The first-order chi connectivity index (χ1) is 8.11. The van der Waals surface area contributed by atoms with Crippen molar-refractivity contribution in [2.45, 2.75) is 20.0 Å². The zero-order valence-electron chi connectivity index (χ0n) is 10.8. The normalized spacial score (nSPS) is 10.4. The van der Waals surface area contributed by atoms with Crippen LogP contribution in [0.2, 0.25) is 0 Å². The van der Waals surface area contributed by atoms with E-state index in [0.717, 1.165) is 19.6 Å². The van der Waals surface area contributed by atoms with Crippen LogP contribution < -0.4 is 10.6 Å². The van der Waals surface area contributed by atoms with E-state index in [4.69, 9.17) is 12.2 Å². The Morgan fingerprint density at radius 3 is 2.24 bits per heavy atom. The second-order valence-corrected chi connectivity index (χ2v) is 4.68. The van der Waals surface area contributed by atoms with Gasteiger partial charge < -0.3 is 15.5 Å². The van der Waals surface area contributed by atoms with Gasteiger partial charge in [0.05, 0.1) is 0 Å². The van der Waals surface area contributed by atoms with Crippen LogP contribution in [0, 0.1) is 0 Å². The van der Waals surface area contributed by atoms with Gasteiger partial charge >= 0.3 is 0 Å². The van der Waals surface area contributed by atoms with E-state index in [2.05, 4.69) is 53.9 Å². The van der Waals surface area contributed by atoms with E-state index in [1.807, 2.05) is 6.92 Å². The summed E-state index contributed by atoms with van der Waals surface area (Å²) in [6, 6.07) is 8.60. The Balaban J connectivity index is 2.42. The van der Waals surface area contributed by atoms with Crippen LogP contribution in [0.3, 0.4) is 0 Å². The first kappa shape index (κ1) is 13.9. The minimum atomic E-state index is 0.713. The largest absolute Gasteiger partial charge is 0.363 e. The number of rotatable bonds is 5. The molecular formula is C13H21N3S. The lowest BCUT2D eigenvalue weighted by Crippen LogP contribution is -2.34. The molecule has 0 amide bonds. The van der Waals surface area contributed by atoms with Crippen molar-refractivity contribution in [3.8, 4) is 0 Å². The van der Waals surface area contributed by atoms with E-state index in [9.17, 15) is 0 Å². The Morgan fingerprint density at radius 1 is 1.12 bits per heavy atom. The molecule has 0 aliphatic rings. The summed E-state index contributed by atoms with van der Waals surface area (Å²) in [5, 5.41) is 6.95. The second kappa shape index (κ2) is 7.25. The molecule has 0 fully saturated rings. The average Bonchev–Trinajstić information content (AvgIpc) is 2.28. The Morgan fingerprint density at radius 2 is 1.71 bits per heavy atom. The van der Waals surface area contributed by atoms with E-state index < -0.39 is 0 Å². The van der Waals surface area contributed by atoms with Gasteiger partial charge in [0.15, 0.2) is 5.11 Å². The lowest BCUT2D eigenvalue weighted by molar-refractivity contribution is 0.402. The summed E-state index contributed by atoms with van der Waals surface area (Å²) in [5.74, 6) is 0. The molecule has 0 bridgehead atoms. The first-order valence-electron chi connectivity index (χ1n) is 5.86. The van der Waals surface area contributed by atoms with Crippen LogP contribution in [0.15, 0.2) is 24.3 Å². The molecule has 0 atom stereocenters. The number of thiocarbonyl (C=S) groups is 1. The Kier molecular flexibility index (Phi) is 5.94. The van der Waals surface area contributed by atoms with Gasteiger partial charge in [0, 0.05) is 19.6 Å². The molecule has 0 aliphatic heterocycles. The Bertz CT molecular complexity index is 346. The molecule has 1 aromatic carbocycles. The van der Waals surface area contributed by atoms with Crippen LogP contribution in [0.25, 0.3) is 0 Å². The molecule has 0 aliphatic carbocycles. The Hall–Kier alpha value is -1.13. The van der Waals surface area contributed by atoms with Crippen molar-refractivity contribution >= 4 is 17.3 Å². The minimum absolute atomic E-state index is 0.713. The fourth-order valence-corrected chi connectivity index (χ4v) is 1.75. The third kappa shape index (κ3) is 5.65. The highest BCUT2D eigenvalue weighted by Gasteiger charge is 1.97. The molecule has 0 saturated heterocycles. The molecule has 1 rings (SSSR count). The van der Waals surface area contributed by atoms with Crippen molar-refractivity contribution in [2.24, 2.45) is 0 Å². The van der Waals surface area contributed by atoms with Crippen LogP contribution in [-0.4, -0.2) is 30.7 Å². The summed E-state index contributed by atoms with van der Waals surface area (Å²) >= 11 is 5.11. The van der Waals surface area contributed by atoms with Crippen LogP contribution in [0.5, 0.6) is 0 Å². The van der Waals surface area contributed by atoms with Crippen LogP contribution in [0.1, 0.15) is 18.1 Å². The summed E-state index contributed by atoms with van der Waals surface area (Å²) in [6.45, 7) is 4.63. The standard InChI is InChI=1S/C13H21N3S/c1-4-14-13(17)15-9-11-5-7-12(8-6-11)10-16(2)3/h5-8H,4,9-10H2,1-3H3,(H2,14,15,17). The number of nitrogens with zero attached hydrogens (tertiary/aromatic N) is 1. The predicted octanol–water partition coefficient (Wildman–Crippen LogP) is 1.73. The molecule has 4 heteroatoms. The summed E-state index contributed by atoms with van der Waals surface area (Å²) in [4.78, 5) is 2.16. The summed E-state index contributed by atoms with van der Waals surface area (Å²) < 4.78 is 0. The van der Waals surface area contributed by atoms with Gasteiger partial charge in [-0.05, 0) is 44.4 Å². The predicted molar refractivity (Wildman–Crippen MR) is 76.9 cm³/mol. The highest BCUT2D eigenvalue weighted by atomic mass is 32.1. The molecular weight excluding hydrogens is 230 g/mol. The fraction of sp³-hybridized carbons (Fsp3) is 0.462. The highest BCUT2D eigenvalue weighted by molar-refractivity contribution is 7.80. The molecule has 0 saturated carbocycles. The smallest absolute Gasteiger partial charge is 0.166 e. The van der Waals surface area contributed by atoms with Crippen LogP contribution >= 0.6 is 12.2 Å². The van der Waals surface area contributed by atoms with Crippen molar-refractivity contribution in [1.82, 2.24) is 15.5 Å². The number of hydrogen-bond donors (Lipinski definition) is 2. The average molecular weight is 251 g/mol. The monoisotopic (exact) mass is 251 g/mol. The molecule has 2 N–H and O–H groups in total. The molecule has 0 aromatic heterocycles. The van der Waals surface area contributed by atoms with Crippen molar-refractivity contribution in [3.05, 3.63) is 35.4 Å². The molecule has 3 nitrogen and oxygen atoms in total. The zero-order valence-corrected chi connectivity index (χ0v) is 11.6. The maximum atomic E-state index is 5.11. The van der Waals surface area contributed by atoms with Crippen molar-refractivity contribution in [2.75, 3.05) is 20.6 Å². The molecule has 0 unspecified atom stereocenters. The zero-order chi connectivity index (χ0) is 12.7. The fourth-order valence-electron chi connectivity index (χ4n) is 1.53. The lowest BCUT2D eigenvalue weighted by atomic mass is 10.1. The molecule has 94 valence electrons. The van der Waals surface area contributed by atoms with E-state index >= 15 is 0 Å². The van der Waals surface area contributed by atoms with E-state index in [-0.39, 0.29) is 0 Å². The summed E-state index contributed by atoms with van der Waals surface area (Å²) in [7, 11) is 4.15. The van der Waals surface area contributed by atoms with E-state index in [0.29, 0.717) is 5.11 Å². The first-order valence-corrected chi connectivity index (χ1v) is 6.27. The molecule has 17 heavy (non-hydrogen) atoms. The van der Waals surface area contributed by atoms with Gasteiger partial charge in [0.1, 0.15) is 0 Å². The van der Waals surface area contributed by atoms with E-state index in [1.54, 1.807) is 0 Å². The van der Waals surface area contributed by atoms with Gasteiger partial charge in [0.25, 0.3) is 0 Å². The van der Waals surface area contributed by atoms with Gasteiger partial charge in [-0.1, -0.05) is 24.3 Å². The quantitative estimate of drug-likeness (QED) is 0.780. The van der Waals surface area contributed by atoms with Crippen molar-refractivity contribution < 1.29 is 0 Å². The molecule has 0 spiro atoms. The van der Waals surface area contributed by atoms with Gasteiger partial charge in [0.2, 0.25) is 0 Å².